The minimum atomic E-state index is -0.155. The summed E-state index contributed by atoms with van der Waals surface area (Å²) in [5.74, 6) is 1.15. The van der Waals surface area contributed by atoms with Gasteiger partial charge in [0.25, 0.3) is 0 Å². The first kappa shape index (κ1) is 26.5. The second kappa shape index (κ2) is 12.6. The van der Waals surface area contributed by atoms with Gasteiger partial charge in [0.05, 0.1) is 18.5 Å². The molecule has 2 aromatic heterocycles. The second-order valence-corrected chi connectivity index (χ2v) is 9.32. The summed E-state index contributed by atoms with van der Waals surface area (Å²) >= 11 is 4.96. The Bertz CT molecular complexity index is 1280. The number of nitrogens with zero attached hydrogens (tertiary/aromatic N) is 4. The lowest BCUT2D eigenvalue weighted by molar-refractivity contribution is 0.160. The standard InChI is InChI=1S/C14H14N6S.C13H18FNO/c1-9-12(10-7-16-17-8-10)19-20(13(9)18-14(15)21)11-5-3-2-4-6-11;1-16-9-8-15-7-6-12(10-15)11-2-4-13(14)5-3-11/h2-8H,1H3,(H,16,17)(H3,15,18,21);2-5,12H,6-10H2,1H3. The Balaban J connectivity index is 0.000000180. The van der Waals surface area contributed by atoms with Gasteiger partial charge >= 0.3 is 0 Å². The molecule has 1 atom stereocenters. The summed E-state index contributed by atoms with van der Waals surface area (Å²) in [5, 5.41) is 14.6. The van der Waals surface area contributed by atoms with E-state index in [2.05, 4.69) is 25.5 Å². The van der Waals surface area contributed by atoms with Gasteiger partial charge in [-0.05, 0) is 67.9 Å². The molecule has 1 fully saturated rings. The van der Waals surface area contributed by atoms with Gasteiger partial charge in [0.15, 0.2) is 5.11 Å². The highest BCUT2D eigenvalue weighted by molar-refractivity contribution is 7.80. The van der Waals surface area contributed by atoms with Gasteiger partial charge in [0.1, 0.15) is 17.3 Å². The molecule has 0 amide bonds. The molecule has 194 valence electrons. The highest BCUT2D eigenvalue weighted by atomic mass is 32.1. The van der Waals surface area contributed by atoms with Crippen LogP contribution in [-0.4, -0.2) is 63.3 Å². The summed E-state index contributed by atoms with van der Waals surface area (Å²) in [6.07, 6.45) is 4.69. The molecule has 8 nitrogen and oxygen atoms in total. The van der Waals surface area contributed by atoms with Crippen molar-refractivity contribution in [3.63, 3.8) is 0 Å². The molecule has 10 heteroatoms. The van der Waals surface area contributed by atoms with Gasteiger partial charge in [-0.1, -0.05) is 30.3 Å². The van der Waals surface area contributed by atoms with Crippen LogP contribution >= 0.6 is 12.2 Å². The largest absolute Gasteiger partial charge is 0.383 e. The van der Waals surface area contributed by atoms with E-state index in [0.717, 1.165) is 61.0 Å². The average Bonchev–Trinajstić information content (AvgIpc) is 3.66. The van der Waals surface area contributed by atoms with Gasteiger partial charge in [0, 0.05) is 37.5 Å². The first-order valence-electron chi connectivity index (χ1n) is 12.1. The number of para-hydroxylation sites is 1. The molecular formula is C27H32FN7OS. The SMILES string of the molecule is COCCN1CCC(c2ccc(F)cc2)C1.Cc1c(-c2cn[nH]c2)nn(-c2ccccc2)c1NC(N)=S. The topological polar surface area (TPSA) is 97.0 Å². The predicted molar refractivity (Wildman–Crippen MR) is 148 cm³/mol. The number of aromatic nitrogens is 4. The van der Waals surface area contributed by atoms with Crippen molar-refractivity contribution in [2.75, 3.05) is 38.7 Å². The molecular weight excluding hydrogens is 489 g/mol. The van der Waals surface area contributed by atoms with Crippen LogP contribution in [0.1, 0.15) is 23.5 Å². The quantitative estimate of drug-likeness (QED) is 0.308. The van der Waals surface area contributed by atoms with Crippen molar-refractivity contribution >= 4 is 23.1 Å². The highest BCUT2D eigenvalue weighted by Crippen LogP contribution is 2.30. The Labute approximate surface area is 221 Å². The van der Waals surface area contributed by atoms with Gasteiger partial charge in [-0.15, -0.1) is 0 Å². The number of anilines is 1. The molecule has 0 bridgehead atoms. The van der Waals surface area contributed by atoms with Crippen molar-refractivity contribution in [2.45, 2.75) is 19.3 Å². The zero-order valence-electron chi connectivity index (χ0n) is 21.0. The Morgan fingerprint density at radius 2 is 1.97 bits per heavy atom. The molecule has 0 aliphatic carbocycles. The first-order chi connectivity index (χ1) is 18.0. The third kappa shape index (κ3) is 6.79. The second-order valence-electron chi connectivity index (χ2n) is 8.88. The number of likely N-dealkylation sites (tertiary alicyclic amines) is 1. The average molecular weight is 522 g/mol. The molecule has 0 spiro atoms. The summed E-state index contributed by atoms with van der Waals surface area (Å²) in [4.78, 5) is 2.40. The van der Waals surface area contributed by atoms with E-state index in [0.29, 0.717) is 5.92 Å². The molecule has 0 radical (unpaired) electrons. The van der Waals surface area contributed by atoms with Crippen molar-refractivity contribution < 1.29 is 9.13 Å². The van der Waals surface area contributed by atoms with E-state index in [9.17, 15) is 4.39 Å². The molecule has 3 heterocycles. The summed E-state index contributed by atoms with van der Waals surface area (Å²) < 4.78 is 19.6. The predicted octanol–water partition coefficient (Wildman–Crippen LogP) is 4.49. The Kier molecular flexibility index (Phi) is 8.99. The van der Waals surface area contributed by atoms with Crippen LogP contribution in [0.4, 0.5) is 10.2 Å². The third-order valence-corrected chi connectivity index (χ3v) is 6.46. The summed E-state index contributed by atoms with van der Waals surface area (Å²) in [7, 11) is 1.73. The van der Waals surface area contributed by atoms with E-state index >= 15 is 0 Å². The summed E-state index contributed by atoms with van der Waals surface area (Å²) in [6, 6.07) is 16.7. The zero-order chi connectivity index (χ0) is 26.2. The van der Waals surface area contributed by atoms with Crippen molar-refractivity contribution in [2.24, 2.45) is 5.73 Å². The van der Waals surface area contributed by atoms with E-state index in [1.54, 1.807) is 36.3 Å². The number of halogens is 1. The van der Waals surface area contributed by atoms with Crippen molar-refractivity contribution in [3.05, 3.63) is 83.9 Å². The Morgan fingerprint density at radius 1 is 1.22 bits per heavy atom. The van der Waals surface area contributed by atoms with Crippen molar-refractivity contribution in [1.82, 2.24) is 24.9 Å². The number of nitrogens with one attached hydrogen (secondary N) is 2. The number of hydrogen-bond donors (Lipinski definition) is 3. The lowest BCUT2D eigenvalue weighted by Crippen LogP contribution is -2.24. The molecule has 5 rings (SSSR count). The van der Waals surface area contributed by atoms with Crippen LogP contribution in [0.15, 0.2) is 67.0 Å². The molecule has 1 aliphatic rings. The first-order valence-corrected chi connectivity index (χ1v) is 12.5. The molecule has 1 saturated heterocycles. The van der Waals surface area contributed by atoms with E-state index in [4.69, 9.17) is 22.7 Å². The van der Waals surface area contributed by atoms with Crippen molar-refractivity contribution in [1.29, 1.82) is 0 Å². The van der Waals surface area contributed by atoms with Crippen LogP contribution in [0.25, 0.3) is 16.9 Å². The maximum Gasteiger partial charge on any atom is 0.169 e. The number of aromatic amines is 1. The van der Waals surface area contributed by atoms with Crippen molar-refractivity contribution in [3.8, 4) is 16.9 Å². The van der Waals surface area contributed by atoms with Crippen LogP contribution in [-0.2, 0) is 4.74 Å². The molecule has 4 N–H and O–H groups in total. The van der Waals surface area contributed by atoms with Gasteiger partial charge in [0.2, 0.25) is 0 Å². The van der Waals surface area contributed by atoms with E-state index in [-0.39, 0.29) is 10.9 Å². The van der Waals surface area contributed by atoms with Crippen LogP contribution in [0.2, 0.25) is 0 Å². The number of rotatable bonds is 7. The zero-order valence-corrected chi connectivity index (χ0v) is 21.8. The Hall–Kier alpha value is -3.60. The maximum absolute atomic E-state index is 12.8. The van der Waals surface area contributed by atoms with Gasteiger partial charge in [-0.25, -0.2) is 9.07 Å². The van der Waals surface area contributed by atoms with Crippen LogP contribution in [0.5, 0.6) is 0 Å². The smallest absolute Gasteiger partial charge is 0.169 e. The molecule has 0 saturated carbocycles. The van der Waals surface area contributed by atoms with Gasteiger partial charge in [-0.3, -0.25) is 5.10 Å². The fourth-order valence-corrected chi connectivity index (χ4v) is 4.53. The number of H-pyrrole nitrogens is 1. The number of benzene rings is 2. The monoisotopic (exact) mass is 521 g/mol. The number of methoxy groups -OCH3 is 1. The molecule has 1 unspecified atom stereocenters. The fourth-order valence-electron chi connectivity index (χ4n) is 4.43. The minimum absolute atomic E-state index is 0.155. The van der Waals surface area contributed by atoms with Crippen LogP contribution in [0.3, 0.4) is 0 Å². The maximum atomic E-state index is 12.8. The number of ether oxygens (including phenoxy) is 1. The molecule has 2 aromatic carbocycles. The van der Waals surface area contributed by atoms with Gasteiger partial charge < -0.3 is 20.7 Å². The third-order valence-electron chi connectivity index (χ3n) is 6.36. The summed E-state index contributed by atoms with van der Waals surface area (Å²) in [6.45, 7) is 5.93. The highest BCUT2D eigenvalue weighted by Gasteiger charge is 2.23. The lowest BCUT2D eigenvalue weighted by atomic mass is 9.99. The fraction of sp³-hybridized carbons (Fsp3) is 0.296. The van der Waals surface area contributed by atoms with Gasteiger partial charge in [-0.2, -0.15) is 10.2 Å². The van der Waals surface area contributed by atoms with E-state index in [1.165, 1.54) is 5.56 Å². The normalized spacial score (nSPS) is 15.3. The van der Waals surface area contributed by atoms with Crippen LogP contribution < -0.4 is 11.1 Å². The number of thiocarbonyl (C=S) groups is 1. The van der Waals surface area contributed by atoms with E-state index in [1.807, 2.05) is 49.4 Å². The molecule has 1 aliphatic heterocycles. The number of hydrogen-bond acceptors (Lipinski definition) is 5. The number of nitrogens with two attached hydrogens (primary N) is 1. The van der Waals surface area contributed by atoms with E-state index < -0.39 is 0 Å². The molecule has 4 aromatic rings. The summed E-state index contributed by atoms with van der Waals surface area (Å²) in [5.41, 5.74) is 10.5. The molecule has 37 heavy (non-hydrogen) atoms. The van der Waals surface area contributed by atoms with Crippen LogP contribution in [0, 0.1) is 12.7 Å². The Morgan fingerprint density at radius 3 is 2.62 bits per heavy atom. The lowest BCUT2D eigenvalue weighted by Gasteiger charge is -2.15. The minimum Gasteiger partial charge on any atom is -0.383 e.